The molecule has 0 amide bonds. The van der Waals surface area contributed by atoms with Gasteiger partial charge in [-0.15, -0.1) is 10.2 Å². The molecule has 6 nitrogen and oxygen atoms in total. The number of hydrogen-bond acceptors (Lipinski definition) is 4. The Kier molecular flexibility index (Phi) is 2.64. The molecule has 19 heavy (non-hydrogen) atoms. The molecular formula is C13H12N4O2. The fourth-order valence-corrected chi connectivity index (χ4v) is 2.01. The Bertz CT molecular complexity index is 757. The predicted molar refractivity (Wildman–Crippen MR) is 67.9 cm³/mol. The van der Waals surface area contributed by atoms with Crippen LogP contribution in [0.5, 0.6) is 0 Å². The van der Waals surface area contributed by atoms with Crippen molar-refractivity contribution in [3.63, 3.8) is 0 Å². The van der Waals surface area contributed by atoms with E-state index in [1.165, 1.54) is 4.52 Å². The zero-order valence-corrected chi connectivity index (χ0v) is 10.3. The number of aromatic nitrogens is 4. The van der Waals surface area contributed by atoms with Crippen LogP contribution in [0.1, 0.15) is 27.4 Å². The Labute approximate surface area is 108 Å². The number of fused-ring (bicyclic) bond motifs is 1. The Morgan fingerprint density at radius 2 is 2.16 bits per heavy atom. The van der Waals surface area contributed by atoms with Crippen molar-refractivity contribution in [3.8, 4) is 0 Å². The smallest absolute Gasteiger partial charge is 0.232 e. The molecule has 96 valence electrons. The van der Waals surface area contributed by atoms with E-state index in [2.05, 4.69) is 15.3 Å². The molecule has 0 saturated heterocycles. The molecule has 0 saturated carbocycles. The van der Waals surface area contributed by atoms with Gasteiger partial charge in [0.15, 0.2) is 5.65 Å². The highest BCUT2D eigenvalue weighted by Gasteiger charge is 2.19. The molecule has 0 bridgehead atoms. The van der Waals surface area contributed by atoms with Gasteiger partial charge in [0.1, 0.15) is 0 Å². The molecular weight excluding hydrogens is 244 g/mol. The van der Waals surface area contributed by atoms with Gasteiger partial charge in [-0.3, -0.25) is 9.89 Å². The summed E-state index contributed by atoms with van der Waals surface area (Å²) in [5, 5.41) is 19.8. The topological polar surface area (TPSA) is 83.3 Å². The Morgan fingerprint density at radius 3 is 2.89 bits per heavy atom. The van der Waals surface area contributed by atoms with Crippen molar-refractivity contribution in [2.75, 3.05) is 0 Å². The lowest BCUT2D eigenvalue weighted by atomic mass is 10.0. The number of aliphatic hydroxyl groups excluding tert-OH is 1. The van der Waals surface area contributed by atoms with Gasteiger partial charge in [-0.25, -0.2) is 4.52 Å². The predicted octanol–water partition coefficient (Wildman–Crippen LogP) is 1.09. The van der Waals surface area contributed by atoms with Crippen LogP contribution in [0.15, 0.2) is 30.3 Å². The Hall–Kier alpha value is -2.47. The largest absolute Gasteiger partial charge is 0.390 e. The van der Waals surface area contributed by atoms with Crippen LogP contribution in [-0.2, 0) is 6.61 Å². The van der Waals surface area contributed by atoms with Crippen LogP contribution in [0.3, 0.4) is 0 Å². The van der Waals surface area contributed by atoms with Gasteiger partial charge < -0.3 is 5.11 Å². The normalized spacial score (nSPS) is 11.1. The van der Waals surface area contributed by atoms with Gasteiger partial charge >= 0.3 is 0 Å². The standard InChI is InChI=1S/C13H12N4O2/c1-8-4-2-3-5-10(8)12(19)13-15-14-11-6-9(7-18)16-17(11)13/h2-6,16,18H,7H2,1H3. The summed E-state index contributed by atoms with van der Waals surface area (Å²) in [6, 6.07) is 8.98. The molecule has 6 heteroatoms. The lowest BCUT2D eigenvalue weighted by Crippen LogP contribution is -2.09. The summed E-state index contributed by atoms with van der Waals surface area (Å²) in [4.78, 5) is 12.4. The van der Waals surface area contributed by atoms with Crippen LogP contribution in [0.4, 0.5) is 0 Å². The van der Waals surface area contributed by atoms with Crippen molar-refractivity contribution < 1.29 is 9.90 Å². The molecule has 3 aromatic rings. The van der Waals surface area contributed by atoms with Gasteiger partial charge in [-0.1, -0.05) is 24.3 Å². The zero-order valence-electron chi connectivity index (χ0n) is 10.3. The fraction of sp³-hybridized carbons (Fsp3) is 0.154. The summed E-state index contributed by atoms with van der Waals surface area (Å²) in [7, 11) is 0. The molecule has 0 aliphatic carbocycles. The number of nitrogens with zero attached hydrogens (tertiary/aromatic N) is 3. The molecule has 0 fully saturated rings. The molecule has 2 N–H and O–H groups in total. The third-order valence-electron chi connectivity index (χ3n) is 3.01. The molecule has 0 spiro atoms. The second-order valence-corrected chi connectivity index (χ2v) is 4.30. The highest BCUT2D eigenvalue weighted by atomic mass is 16.3. The van der Waals surface area contributed by atoms with Crippen LogP contribution < -0.4 is 0 Å². The quantitative estimate of drug-likeness (QED) is 0.687. The Morgan fingerprint density at radius 1 is 1.37 bits per heavy atom. The van der Waals surface area contributed by atoms with Gasteiger partial charge in [0.05, 0.1) is 12.3 Å². The number of aryl methyl sites for hydroxylation is 1. The number of carbonyl (C=O) groups excluding carboxylic acids is 1. The number of benzene rings is 1. The highest BCUT2D eigenvalue weighted by molar-refractivity contribution is 6.07. The van der Waals surface area contributed by atoms with Crippen LogP contribution in [0, 0.1) is 6.92 Å². The summed E-state index contributed by atoms with van der Waals surface area (Å²) < 4.78 is 1.49. The number of aliphatic hydroxyl groups is 1. The second-order valence-electron chi connectivity index (χ2n) is 4.30. The first kappa shape index (κ1) is 11.6. The third kappa shape index (κ3) is 1.82. The van der Waals surface area contributed by atoms with E-state index in [1.54, 1.807) is 12.1 Å². The molecule has 0 unspecified atom stereocenters. The minimum Gasteiger partial charge on any atom is -0.390 e. The van der Waals surface area contributed by atoms with Crippen molar-refractivity contribution >= 4 is 11.4 Å². The van der Waals surface area contributed by atoms with Gasteiger partial charge in [-0.2, -0.15) is 0 Å². The minimum atomic E-state index is -0.197. The fourth-order valence-electron chi connectivity index (χ4n) is 2.01. The summed E-state index contributed by atoms with van der Waals surface area (Å²) >= 11 is 0. The first-order valence-corrected chi connectivity index (χ1v) is 5.85. The van der Waals surface area contributed by atoms with Crippen LogP contribution in [0.2, 0.25) is 0 Å². The van der Waals surface area contributed by atoms with Gasteiger partial charge in [0, 0.05) is 11.6 Å². The van der Waals surface area contributed by atoms with E-state index >= 15 is 0 Å². The van der Waals surface area contributed by atoms with E-state index in [-0.39, 0.29) is 18.2 Å². The maximum Gasteiger partial charge on any atom is 0.232 e. The lowest BCUT2D eigenvalue weighted by molar-refractivity contribution is 0.102. The van der Waals surface area contributed by atoms with Crippen LogP contribution >= 0.6 is 0 Å². The first-order chi connectivity index (χ1) is 9.20. The van der Waals surface area contributed by atoms with E-state index in [9.17, 15) is 4.79 Å². The molecule has 1 aromatic carbocycles. The molecule has 0 aliphatic heterocycles. The van der Waals surface area contributed by atoms with Crippen LogP contribution in [0.25, 0.3) is 5.65 Å². The van der Waals surface area contributed by atoms with E-state index < -0.39 is 0 Å². The summed E-state index contributed by atoms with van der Waals surface area (Å²) in [6.07, 6.45) is 0. The second kappa shape index (κ2) is 4.33. The number of rotatable bonds is 3. The van der Waals surface area contributed by atoms with Crippen molar-refractivity contribution in [3.05, 3.63) is 53.0 Å². The van der Waals surface area contributed by atoms with E-state index in [1.807, 2.05) is 25.1 Å². The number of hydrogen-bond donors (Lipinski definition) is 2. The van der Waals surface area contributed by atoms with Gasteiger partial charge in [0.2, 0.25) is 11.6 Å². The number of carbonyl (C=O) groups is 1. The number of H-pyrrole nitrogens is 1. The van der Waals surface area contributed by atoms with Gasteiger partial charge in [-0.05, 0) is 12.5 Å². The average Bonchev–Trinajstić information content (AvgIpc) is 2.97. The number of aromatic amines is 1. The molecule has 2 heterocycles. The average molecular weight is 256 g/mol. The number of nitrogens with one attached hydrogen (secondary N) is 1. The first-order valence-electron chi connectivity index (χ1n) is 5.85. The molecule has 0 atom stereocenters. The van der Waals surface area contributed by atoms with Crippen molar-refractivity contribution in [2.45, 2.75) is 13.5 Å². The maximum atomic E-state index is 12.4. The van der Waals surface area contributed by atoms with Crippen molar-refractivity contribution in [2.24, 2.45) is 0 Å². The zero-order chi connectivity index (χ0) is 13.4. The van der Waals surface area contributed by atoms with Crippen LogP contribution in [-0.4, -0.2) is 30.7 Å². The molecule has 0 aliphatic rings. The van der Waals surface area contributed by atoms with Gasteiger partial charge in [0.25, 0.3) is 0 Å². The van der Waals surface area contributed by atoms with E-state index in [0.717, 1.165) is 5.56 Å². The molecule has 0 radical (unpaired) electrons. The van der Waals surface area contributed by atoms with E-state index in [4.69, 9.17) is 5.11 Å². The molecule has 3 rings (SSSR count). The summed E-state index contributed by atoms with van der Waals surface area (Å²) in [6.45, 7) is 1.74. The summed E-state index contributed by atoms with van der Waals surface area (Å²) in [5.41, 5.74) is 2.58. The third-order valence-corrected chi connectivity index (χ3v) is 3.01. The highest BCUT2D eigenvalue weighted by Crippen LogP contribution is 2.14. The SMILES string of the molecule is Cc1ccccc1C(=O)c1nnc2cc(CO)[nH]n12. The van der Waals surface area contributed by atoms with Crippen molar-refractivity contribution in [1.29, 1.82) is 0 Å². The minimum absolute atomic E-state index is 0.138. The van der Waals surface area contributed by atoms with Crippen molar-refractivity contribution in [1.82, 2.24) is 19.8 Å². The Balaban J connectivity index is 2.11. The van der Waals surface area contributed by atoms with E-state index in [0.29, 0.717) is 16.9 Å². The lowest BCUT2D eigenvalue weighted by Gasteiger charge is -2.02. The number of ketones is 1. The maximum absolute atomic E-state index is 12.4. The monoisotopic (exact) mass is 256 g/mol. The summed E-state index contributed by atoms with van der Waals surface area (Å²) in [5.74, 6) is 0.0148. The molecule has 2 aromatic heterocycles.